The molecule has 0 spiro atoms. The molecule has 3 atom stereocenters. The first-order chi connectivity index (χ1) is 5.79. The quantitative estimate of drug-likeness (QED) is 0.711. The summed E-state index contributed by atoms with van der Waals surface area (Å²) in [5.41, 5.74) is 0. The molecular formula is C9H17NOS. The summed E-state index contributed by atoms with van der Waals surface area (Å²) in [4.78, 5) is 2.47. The lowest BCUT2D eigenvalue weighted by Crippen LogP contribution is -2.39. The van der Waals surface area contributed by atoms with E-state index in [1.807, 2.05) is 6.92 Å². The number of hydrogen-bond acceptors (Lipinski definition) is 3. The van der Waals surface area contributed by atoms with Crippen molar-refractivity contribution in [2.24, 2.45) is 0 Å². The van der Waals surface area contributed by atoms with Crippen LogP contribution in [-0.4, -0.2) is 46.2 Å². The van der Waals surface area contributed by atoms with E-state index < -0.39 is 0 Å². The van der Waals surface area contributed by atoms with Crippen LogP contribution < -0.4 is 0 Å². The summed E-state index contributed by atoms with van der Waals surface area (Å²) in [5.74, 6) is 1.29. The summed E-state index contributed by atoms with van der Waals surface area (Å²) in [5, 5.41) is 10.4. The molecule has 70 valence electrons. The highest BCUT2D eigenvalue weighted by atomic mass is 32.2. The molecule has 0 aromatic carbocycles. The Kier molecular flexibility index (Phi) is 2.63. The van der Waals surface area contributed by atoms with Crippen LogP contribution in [-0.2, 0) is 0 Å². The van der Waals surface area contributed by atoms with Gasteiger partial charge in [0.2, 0.25) is 0 Å². The molecule has 2 aliphatic rings. The number of aliphatic hydroxyl groups is 1. The fraction of sp³-hybridized carbons (Fsp3) is 1.00. The van der Waals surface area contributed by atoms with Gasteiger partial charge in [0.15, 0.2) is 0 Å². The number of fused-ring (bicyclic) bond motifs is 2. The second kappa shape index (κ2) is 3.56. The Morgan fingerprint density at radius 3 is 3.00 bits per heavy atom. The van der Waals surface area contributed by atoms with Crippen molar-refractivity contribution in [3.05, 3.63) is 0 Å². The predicted molar refractivity (Wildman–Crippen MR) is 52.5 cm³/mol. The fourth-order valence-corrected chi connectivity index (χ4v) is 3.60. The standard InChI is InChI=1S/C9H17NOS/c1-2-8(11)4-10-5-9-3-7(10)6-12-9/h7-9,11H,2-6H2,1H3/t7?,8-,9?/m1/s1. The SMILES string of the molecule is CC[C@@H](O)CN1CC2CC1CS2. The number of hydrogen-bond donors (Lipinski definition) is 1. The number of rotatable bonds is 3. The average Bonchev–Trinajstić information content (AvgIpc) is 2.64. The molecule has 0 radical (unpaired) electrons. The zero-order valence-electron chi connectivity index (χ0n) is 7.57. The highest BCUT2D eigenvalue weighted by Crippen LogP contribution is 2.37. The first-order valence-corrected chi connectivity index (χ1v) is 5.88. The number of nitrogens with zero attached hydrogens (tertiary/aromatic N) is 1. The van der Waals surface area contributed by atoms with E-state index in [-0.39, 0.29) is 6.10 Å². The van der Waals surface area contributed by atoms with E-state index in [2.05, 4.69) is 16.7 Å². The third-order valence-electron chi connectivity index (χ3n) is 2.93. The van der Waals surface area contributed by atoms with Crippen LogP contribution in [0.1, 0.15) is 19.8 Å². The van der Waals surface area contributed by atoms with Crippen LogP contribution in [0.25, 0.3) is 0 Å². The second-order valence-corrected chi connectivity index (χ2v) is 5.19. The van der Waals surface area contributed by atoms with Gasteiger partial charge < -0.3 is 5.11 Å². The number of likely N-dealkylation sites (tertiary alicyclic amines) is 1. The van der Waals surface area contributed by atoms with Crippen LogP contribution in [0.5, 0.6) is 0 Å². The Morgan fingerprint density at radius 1 is 1.67 bits per heavy atom. The molecule has 0 aromatic heterocycles. The normalized spacial score (nSPS) is 37.5. The van der Waals surface area contributed by atoms with Gasteiger partial charge in [-0.25, -0.2) is 0 Å². The van der Waals surface area contributed by atoms with Crippen molar-refractivity contribution in [2.75, 3.05) is 18.8 Å². The molecule has 12 heavy (non-hydrogen) atoms. The van der Waals surface area contributed by atoms with E-state index in [4.69, 9.17) is 0 Å². The molecular weight excluding hydrogens is 170 g/mol. The molecule has 2 fully saturated rings. The van der Waals surface area contributed by atoms with Gasteiger partial charge in [0.05, 0.1) is 6.10 Å². The van der Waals surface area contributed by atoms with E-state index in [0.29, 0.717) is 0 Å². The molecule has 0 amide bonds. The molecule has 2 heterocycles. The molecule has 2 aliphatic heterocycles. The van der Waals surface area contributed by atoms with Crippen molar-refractivity contribution >= 4 is 11.8 Å². The van der Waals surface area contributed by atoms with Crippen molar-refractivity contribution in [1.29, 1.82) is 0 Å². The van der Waals surface area contributed by atoms with Crippen molar-refractivity contribution in [1.82, 2.24) is 4.90 Å². The maximum absolute atomic E-state index is 9.50. The zero-order valence-corrected chi connectivity index (χ0v) is 8.39. The van der Waals surface area contributed by atoms with Crippen molar-refractivity contribution in [2.45, 2.75) is 37.2 Å². The lowest BCUT2D eigenvalue weighted by atomic mass is 10.2. The third-order valence-corrected chi connectivity index (χ3v) is 4.32. The molecule has 0 aliphatic carbocycles. The van der Waals surface area contributed by atoms with Gasteiger partial charge in [-0.2, -0.15) is 11.8 Å². The molecule has 2 bridgehead atoms. The van der Waals surface area contributed by atoms with Gasteiger partial charge >= 0.3 is 0 Å². The van der Waals surface area contributed by atoms with Gasteiger partial charge in [-0.05, 0) is 12.8 Å². The van der Waals surface area contributed by atoms with E-state index >= 15 is 0 Å². The van der Waals surface area contributed by atoms with Gasteiger partial charge in [0.1, 0.15) is 0 Å². The Bertz CT molecular complexity index is 165. The van der Waals surface area contributed by atoms with Gasteiger partial charge in [0, 0.05) is 30.1 Å². The smallest absolute Gasteiger partial charge is 0.0664 e. The van der Waals surface area contributed by atoms with Gasteiger partial charge in [0.25, 0.3) is 0 Å². The summed E-state index contributed by atoms with van der Waals surface area (Å²) >= 11 is 2.11. The number of β-amino-alcohol motifs (C(OH)–C–C–N with tert-alkyl or cyclic N) is 1. The van der Waals surface area contributed by atoms with Crippen LogP contribution in [0.4, 0.5) is 0 Å². The predicted octanol–water partition coefficient (Wildman–Crippen LogP) is 0.947. The molecule has 2 rings (SSSR count). The van der Waals surface area contributed by atoms with Gasteiger partial charge in [-0.3, -0.25) is 4.90 Å². The summed E-state index contributed by atoms with van der Waals surface area (Å²) in [6.07, 6.45) is 2.15. The Balaban J connectivity index is 1.82. The highest BCUT2D eigenvalue weighted by Gasteiger charge is 2.38. The molecule has 3 heteroatoms. The first-order valence-electron chi connectivity index (χ1n) is 4.83. The van der Waals surface area contributed by atoms with Crippen molar-refractivity contribution < 1.29 is 5.11 Å². The van der Waals surface area contributed by atoms with Crippen LogP contribution in [0.3, 0.4) is 0 Å². The fourth-order valence-electron chi connectivity index (χ4n) is 2.10. The molecule has 2 nitrogen and oxygen atoms in total. The Labute approximate surface area is 78.3 Å². The Hall–Kier alpha value is 0.270. The number of thioether (sulfide) groups is 1. The maximum atomic E-state index is 9.50. The second-order valence-electron chi connectivity index (χ2n) is 3.86. The van der Waals surface area contributed by atoms with Crippen LogP contribution in [0.2, 0.25) is 0 Å². The van der Waals surface area contributed by atoms with Crippen molar-refractivity contribution in [3.63, 3.8) is 0 Å². The monoisotopic (exact) mass is 187 g/mol. The zero-order chi connectivity index (χ0) is 8.55. The minimum atomic E-state index is -0.102. The van der Waals surface area contributed by atoms with Crippen LogP contribution in [0.15, 0.2) is 0 Å². The van der Waals surface area contributed by atoms with Crippen molar-refractivity contribution in [3.8, 4) is 0 Å². The van der Waals surface area contributed by atoms with Crippen LogP contribution in [0, 0.1) is 0 Å². The molecule has 2 unspecified atom stereocenters. The van der Waals surface area contributed by atoms with E-state index in [9.17, 15) is 5.11 Å². The Morgan fingerprint density at radius 2 is 2.50 bits per heavy atom. The average molecular weight is 187 g/mol. The summed E-state index contributed by atoms with van der Waals surface area (Å²) in [6, 6.07) is 0.779. The lowest BCUT2D eigenvalue weighted by molar-refractivity contribution is 0.106. The minimum Gasteiger partial charge on any atom is -0.392 e. The lowest BCUT2D eigenvalue weighted by Gasteiger charge is -2.28. The minimum absolute atomic E-state index is 0.102. The van der Waals surface area contributed by atoms with E-state index in [1.165, 1.54) is 18.7 Å². The van der Waals surface area contributed by atoms with Gasteiger partial charge in [-0.1, -0.05) is 6.92 Å². The van der Waals surface area contributed by atoms with E-state index in [1.54, 1.807) is 0 Å². The third kappa shape index (κ3) is 1.63. The molecule has 1 N–H and O–H groups in total. The number of aliphatic hydroxyl groups excluding tert-OH is 1. The van der Waals surface area contributed by atoms with E-state index in [0.717, 1.165) is 24.3 Å². The first kappa shape index (κ1) is 8.85. The molecule has 2 saturated heterocycles. The highest BCUT2D eigenvalue weighted by molar-refractivity contribution is 8.00. The summed E-state index contributed by atoms with van der Waals surface area (Å²) in [6.45, 7) is 4.17. The summed E-state index contributed by atoms with van der Waals surface area (Å²) in [7, 11) is 0. The molecule has 0 saturated carbocycles. The van der Waals surface area contributed by atoms with Gasteiger partial charge in [-0.15, -0.1) is 0 Å². The molecule has 0 aromatic rings. The topological polar surface area (TPSA) is 23.5 Å². The van der Waals surface area contributed by atoms with Crippen LogP contribution >= 0.6 is 11.8 Å². The largest absolute Gasteiger partial charge is 0.392 e. The summed E-state index contributed by atoms with van der Waals surface area (Å²) < 4.78 is 0. The maximum Gasteiger partial charge on any atom is 0.0664 e.